The Morgan fingerprint density at radius 2 is 1.89 bits per heavy atom. The van der Waals surface area contributed by atoms with Gasteiger partial charge in [-0.3, -0.25) is 9.69 Å². The van der Waals surface area contributed by atoms with Gasteiger partial charge in [0.25, 0.3) is 0 Å². The molecule has 1 heterocycles. The third-order valence-corrected chi connectivity index (χ3v) is 3.76. The van der Waals surface area contributed by atoms with Gasteiger partial charge in [-0.1, -0.05) is 29.6 Å². The summed E-state index contributed by atoms with van der Waals surface area (Å²) < 4.78 is 0. The number of carbonyl (C=O) groups is 1. The number of halogens is 2. The number of piperidine rings is 1. The summed E-state index contributed by atoms with van der Waals surface area (Å²) >= 11 is 11.7. The molecular formula is C13H16Cl2N2O. The second-order valence-corrected chi connectivity index (χ2v) is 5.33. The van der Waals surface area contributed by atoms with E-state index in [1.54, 1.807) is 18.2 Å². The number of nitrogens with one attached hydrogen (secondary N) is 1. The molecule has 0 bridgehead atoms. The number of anilines is 1. The van der Waals surface area contributed by atoms with Crippen molar-refractivity contribution >= 4 is 34.8 Å². The van der Waals surface area contributed by atoms with Crippen LogP contribution in [0.15, 0.2) is 18.2 Å². The van der Waals surface area contributed by atoms with Crippen LogP contribution in [0.5, 0.6) is 0 Å². The maximum absolute atomic E-state index is 11.8. The van der Waals surface area contributed by atoms with Gasteiger partial charge in [-0.05, 0) is 44.1 Å². The van der Waals surface area contributed by atoms with E-state index in [4.69, 9.17) is 23.2 Å². The molecule has 1 N–H and O–H groups in total. The van der Waals surface area contributed by atoms with Gasteiger partial charge in [-0.2, -0.15) is 0 Å². The number of rotatable bonds is 3. The summed E-state index contributed by atoms with van der Waals surface area (Å²) in [7, 11) is 0. The van der Waals surface area contributed by atoms with Gasteiger partial charge in [0.2, 0.25) is 5.91 Å². The fraction of sp³-hybridized carbons (Fsp3) is 0.462. The van der Waals surface area contributed by atoms with E-state index in [-0.39, 0.29) is 5.91 Å². The maximum Gasteiger partial charge on any atom is 0.238 e. The Hall–Kier alpha value is -0.770. The molecule has 0 spiro atoms. The van der Waals surface area contributed by atoms with Gasteiger partial charge in [-0.25, -0.2) is 0 Å². The minimum atomic E-state index is -0.00436. The number of hydrogen-bond donors (Lipinski definition) is 1. The van der Waals surface area contributed by atoms with Crippen LogP contribution in [0.4, 0.5) is 5.69 Å². The minimum Gasteiger partial charge on any atom is -0.325 e. The molecule has 0 aliphatic carbocycles. The van der Waals surface area contributed by atoms with E-state index in [1.807, 2.05) is 0 Å². The van der Waals surface area contributed by atoms with Crippen molar-refractivity contribution in [2.75, 3.05) is 25.0 Å². The lowest BCUT2D eigenvalue weighted by molar-refractivity contribution is -0.117. The maximum atomic E-state index is 11.8. The summed E-state index contributed by atoms with van der Waals surface area (Å²) in [6.45, 7) is 2.46. The molecule has 0 unspecified atom stereocenters. The highest BCUT2D eigenvalue weighted by Gasteiger charge is 2.14. The van der Waals surface area contributed by atoms with Crippen LogP contribution in [0.25, 0.3) is 0 Å². The highest BCUT2D eigenvalue weighted by atomic mass is 35.5. The Balaban J connectivity index is 1.88. The molecule has 18 heavy (non-hydrogen) atoms. The van der Waals surface area contributed by atoms with E-state index >= 15 is 0 Å². The molecule has 1 fully saturated rings. The Bertz CT molecular complexity index is 431. The predicted octanol–water partition coefficient (Wildman–Crippen LogP) is 3.42. The van der Waals surface area contributed by atoms with Crippen LogP contribution in [-0.4, -0.2) is 30.4 Å². The van der Waals surface area contributed by atoms with E-state index in [0.717, 1.165) is 13.1 Å². The molecule has 0 aromatic heterocycles. The summed E-state index contributed by atoms with van der Waals surface area (Å²) in [5.41, 5.74) is 0.686. The van der Waals surface area contributed by atoms with Crippen molar-refractivity contribution in [2.45, 2.75) is 19.3 Å². The summed E-state index contributed by atoms with van der Waals surface area (Å²) in [4.78, 5) is 14.0. The molecule has 0 radical (unpaired) electrons. The Labute approximate surface area is 117 Å². The molecule has 1 aliphatic heterocycles. The van der Waals surface area contributed by atoms with E-state index < -0.39 is 0 Å². The van der Waals surface area contributed by atoms with Crippen LogP contribution < -0.4 is 5.32 Å². The SMILES string of the molecule is O=C(CN1CCCCC1)Nc1ccc(Cl)c(Cl)c1. The van der Waals surface area contributed by atoms with Crippen molar-refractivity contribution in [1.29, 1.82) is 0 Å². The lowest BCUT2D eigenvalue weighted by atomic mass is 10.1. The molecular weight excluding hydrogens is 271 g/mol. The molecule has 98 valence electrons. The van der Waals surface area contributed by atoms with Gasteiger partial charge in [-0.15, -0.1) is 0 Å². The van der Waals surface area contributed by atoms with Crippen molar-refractivity contribution in [2.24, 2.45) is 0 Å². The van der Waals surface area contributed by atoms with Gasteiger partial charge in [0, 0.05) is 5.69 Å². The summed E-state index contributed by atoms with van der Waals surface area (Å²) in [6.07, 6.45) is 3.63. The van der Waals surface area contributed by atoms with E-state index in [2.05, 4.69) is 10.2 Å². The van der Waals surface area contributed by atoms with E-state index in [0.29, 0.717) is 22.3 Å². The van der Waals surface area contributed by atoms with Gasteiger partial charge in [0.1, 0.15) is 0 Å². The van der Waals surface area contributed by atoms with E-state index in [9.17, 15) is 4.79 Å². The van der Waals surface area contributed by atoms with Crippen LogP contribution in [0.3, 0.4) is 0 Å². The molecule has 1 aromatic carbocycles. The standard InChI is InChI=1S/C13H16Cl2N2O/c14-11-5-4-10(8-12(11)15)16-13(18)9-17-6-2-1-3-7-17/h4-5,8H,1-3,6-7,9H2,(H,16,18). The second-order valence-electron chi connectivity index (χ2n) is 4.51. The zero-order valence-corrected chi connectivity index (χ0v) is 11.6. The van der Waals surface area contributed by atoms with Crippen molar-refractivity contribution in [1.82, 2.24) is 4.90 Å². The molecule has 1 aliphatic rings. The van der Waals surface area contributed by atoms with Crippen LogP contribution >= 0.6 is 23.2 Å². The summed E-state index contributed by atoms with van der Waals surface area (Å²) in [5.74, 6) is -0.00436. The van der Waals surface area contributed by atoms with Gasteiger partial charge in [0.15, 0.2) is 0 Å². The number of amides is 1. The van der Waals surface area contributed by atoms with Crippen molar-refractivity contribution < 1.29 is 4.79 Å². The molecule has 2 rings (SSSR count). The fourth-order valence-electron chi connectivity index (χ4n) is 2.10. The number of benzene rings is 1. The first-order valence-electron chi connectivity index (χ1n) is 6.12. The zero-order valence-electron chi connectivity index (χ0n) is 10.1. The minimum absolute atomic E-state index is 0.00436. The van der Waals surface area contributed by atoms with Gasteiger partial charge < -0.3 is 5.32 Å². The number of carbonyl (C=O) groups excluding carboxylic acids is 1. The van der Waals surface area contributed by atoms with Crippen molar-refractivity contribution in [3.63, 3.8) is 0 Å². The Kier molecular flexibility index (Phi) is 4.87. The van der Waals surface area contributed by atoms with Crippen LogP contribution in [0, 0.1) is 0 Å². The smallest absolute Gasteiger partial charge is 0.238 e. The van der Waals surface area contributed by atoms with E-state index in [1.165, 1.54) is 19.3 Å². The number of hydrogen-bond acceptors (Lipinski definition) is 2. The molecule has 1 saturated heterocycles. The predicted molar refractivity (Wildman–Crippen MR) is 75.4 cm³/mol. The third-order valence-electron chi connectivity index (χ3n) is 3.02. The molecule has 1 aromatic rings. The highest BCUT2D eigenvalue weighted by Crippen LogP contribution is 2.24. The third kappa shape index (κ3) is 3.87. The second kappa shape index (κ2) is 6.41. The fourth-order valence-corrected chi connectivity index (χ4v) is 2.39. The first-order valence-corrected chi connectivity index (χ1v) is 6.88. The lowest BCUT2D eigenvalue weighted by Crippen LogP contribution is -2.36. The summed E-state index contributed by atoms with van der Waals surface area (Å²) in [5, 5.41) is 3.78. The van der Waals surface area contributed by atoms with Gasteiger partial charge in [0.05, 0.1) is 16.6 Å². The largest absolute Gasteiger partial charge is 0.325 e. The first-order chi connectivity index (χ1) is 8.65. The molecule has 1 amide bonds. The quantitative estimate of drug-likeness (QED) is 0.924. The average Bonchev–Trinajstić information content (AvgIpc) is 2.35. The van der Waals surface area contributed by atoms with Crippen LogP contribution in [-0.2, 0) is 4.79 Å². The summed E-state index contributed by atoms with van der Waals surface area (Å²) in [6, 6.07) is 5.10. The Morgan fingerprint density at radius 1 is 1.17 bits per heavy atom. The average molecular weight is 287 g/mol. The monoisotopic (exact) mass is 286 g/mol. The number of nitrogens with zero attached hydrogens (tertiary/aromatic N) is 1. The zero-order chi connectivity index (χ0) is 13.0. The van der Waals surface area contributed by atoms with Crippen LogP contribution in [0.1, 0.15) is 19.3 Å². The molecule has 3 nitrogen and oxygen atoms in total. The lowest BCUT2D eigenvalue weighted by Gasteiger charge is -2.25. The molecule has 0 saturated carbocycles. The first kappa shape index (κ1) is 13.7. The number of likely N-dealkylation sites (tertiary alicyclic amines) is 1. The van der Waals surface area contributed by atoms with Gasteiger partial charge >= 0.3 is 0 Å². The highest BCUT2D eigenvalue weighted by molar-refractivity contribution is 6.42. The molecule has 0 atom stereocenters. The van der Waals surface area contributed by atoms with Crippen LogP contribution in [0.2, 0.25) is 10.0 Å². The topological polar surface area (TPSA) is 32.3 Å². The molecule has 5 heteroatoms. The normalized spacial score (nSPS) is 16.6. The Morgan fingerprint density at radius 3 is 2.56 bits per heavy atom. The van der Waals surface area contributed by atoms with Crippen molar-refractivity contribution in [3.8, 4) is 0 Å². The van der Waals surface area contributed by atoms with Crippen molar-refractivity contribution in [3.05, 3.63) is 28.2 Å².